The Morgan fingerprint density at radius 2 is 2.00 bits per heavy atom. The van der Waals surface area contributed by atoms with Crippen molar-refractivity contribution < 1.29 is 18.7 Å². The zero-order chi connectivity index (χ0) is 22.6. The number of nitrogens with zero attached hydrogens (tertiary/aromatic N) is 2. The topological polar surface area (TPSA) is 51.7 Å². The van der Waals surface area contributed by atoms with E-state index in [1.807, 2.05) is 34.6 Å². The predicted molar refractivity (Wildman–Crippen MR) is 119 cm³/mol. The number of rotatable bonds is 6. The summed E-state index contributed by atoms with van der Waals surface area (Å²) in [7, 11) is 0. The Labute approximate surface area is 186 Å². The summed E-state index contributed by atoms with van der Waals surface area (Å²) in [6.45, 7) is 9.46. The highest BCUT2D eigenvalue weighted by molar-refractivity contribution is 5.70. The third-order valence-electron chi connectivity index (χ3n) is 6.38. The van der Waals surface area contributed by atoms with Gasteiger partial charge in [0.15, 0.2) is 0 Å². The molecule has 1 aliphatic carbocycles. The lowest BCUT2D eigenvalue weighted by Gasteiger charge is -2.37. The van der Waals surface area contributed by atoms with Gasteiger partial charge in [0.05, 0.1) is 17.8 Å². The molecule has 1 saturated heterocycles. The highest BCUT2D eigenvalue weighted by Gasteiger charge is 2.51. The summed E-state index contributed by atoms with van der Waals surface area (Å²) >= 11 is 0. The molecule has 0 radical (unpaired) electrons. The van der Waals surface area contributed by atoms with E-state index in [2.05, 4.69) is 4.98 Å². The summed E-state index contributed by atoms with van der Waals surface area (Å²) in [5, 5.41) is 0. The fraction of sp³-hybridized carbons (Fsp3) is 0.760. The standard InChI is InChI=1S/C25H39FN2O3/c1-24(2,3)31-23(29)28-21(17-18-11-7-6-8-12-18)22(30-25(28,4)5)15-14-19(26)20-13-9-10-16-27-20/h9-10,13,16,18-19,21-22H,6-8,11-12,14-15,17H2,1-5H3/t19-,21?,22?/m0/s1. The van der Waals surface area contributed by atoms with Gasteiger partial charge in [-0.05, 0) is 71.9 Å². The van der Waals surface area contributed by atoms with Gasteiger partial charge < -0.3 is 9.47 Å². The van der Waals surface area contributed by atoms with Crippen molar-refractivity contribution in [2.45, 2.75) is 116 Å². The van der Waals surface area contributed by atoms with Crippen molar-refractivity contribution >= 4 is 6.09 Å². The van der Waals surface area contributed by atoms with Crippen LogP contribution in [0.5, 0.6) is 0 Å². The van der Waals surface area contributed by atoms with Gasteiger partial charge in [-0.3, -0.25) is 9.88 Å². The molecule has 0 aromatic carbocycles. The maximum Gasteiger partial charge on any atom is 0.412 e. The first-order chi connectivity index (χ1) is 14.6. The normalized spacial score (nSPS) is 25.4. The van der Waals surface area contributed by atoms with Crippen LogP contribution in [0.15, 0.2) is 24.4 Å². The summed E-state index contributed by atoms with van der Waals surface area (Å²) in [5.41, 5.74) is -0.917. The number of hydrogen-bond donors (Lipinski definition) is 0. The van der Waals surface area contributed by atoms with Crippen molar-refractivity contribution in [1.82, 2.24) is 9.88 Å². The number of pyridine rings is 1. The van der Waals surface area contributed by atoms with E-state index in [1.165, 1.54) is 32.1 Å². The fourth-order valence-corrected chi connectivity index (χ4v) is 5.03. The van der Waals surface area contributed by atoms with Gasteiger partial charge in [-0.25, -0.2) is 9.18 Å². The summed E-state index contributed by atoms with van der Waals surface area (Å²) in [6.07, 6.45) is 7.80. The molecule has 2 unspecified atom stereocenters. The molecule has 2 heterocycles. The highest BCUT2D eigenvalue weighted by Crippen LogP contribution is 2.41. The van der Waals surface area contributed by atoms with Crippen molar-refractivity contribution in [1.29, 1.82) is 0 Å². The van der Waals surface area contributed by atoms with Gasteiger partial charge in [0.25, 0.3) is 0 Å². The van der Waals surface area contributed by atoms with Crippen LogP contribution in [0.4, 0.5) is 9.18 Å². The van der Waals surface area contributed by atoms with Crippen LogP contribution >= 0.6 is 0 Å². The van der Waals surface area contributed by atoms with Crippen LogP contribution in [0.2, 0.25) is 0 Å². The average Bonchev–Trinajstić information content (AvgIpc) is 2.95. The summed E-state index contributed by atoms with van der Waals surface area (Å²) in [5.74, 6) is 0.570. The van der Waals surface area contributed by atoms with Crippen molar-refractivity contribution in [3.63, 3.8) is 0 Å². The Hall–Kier alpha value is -1.69. The second kappa shape index (κ2) is 9.85. The molecule has 5 nitrogen and oxygen atoms in total. The maximum atomic E-state index is 14.8. The van der Waals surface area contributed by atoms with Gasteiger partial charge in [0.1, 0.15) is 17.5 Å². The molecule has 6 heteroatoms. The number of halogens is 1. The Balaban J connectivity index is 1.76. The van der Waals surface area contributed by atoms with E-state index in [0.29, 0.717) is 24.5 Å². The van der Waals surface area contributed by atoms with Crippen LogP contribution in [0.25, 0.3) is 0 Å². The SMILES string of the molecule is CC(C)(C)OC(=O)N1C(CC2CCCCC2)C(CC[C@H](F)c2ccccn2)OC1(C)C. The molecule has 0 bridgehead atoms. The third kappa shape index (κ3) is 6.41. The summed E-state index contributed by atoms with van der Waals surface area (Å²) in [4.78, 5) is 19.1. The Morgan fingerprint density at radius 1 is 1.29 bits per heavy atom. The first-order valence-corrected chi connectivity index (χ1v) is 11.8. The molecule has 2 aliphatic rings. The molecular weight excluding hydrogens is 395 g/mol. The van der Waals surface area contributed by atoms with E-state index < -0.39 is 17.5 Å². The van der Waals surface area contributed by atoms with Crippen LogP contribution in [0, 0.1) is 5.92 Å². The minimum Gasteiger partial charge on any atom is -0.444 e. The van der Waals surface area contributed by atoms with Gasteiger partial charge in [-0.2, -0.15) is 0 Å². The third-order valence-corrected chi connectivity index (χ3v) is 6.38. The zero-order valence-corrected chi connectivity index (χ0v) is 19.8. The number of alkyl halides is 1. The number of hydrogen-bond acceptors (Lipinski definition) is 4. The van der Waals surface area contributed by atoms with E-state index in [0.717, 1.165) is 6.42 Å². The highest BCUT2D eigenvalue weighted by atomic mass is 19.1. The predicted octanol–water partition coefficient (Wildman–Crippen LogP) is 6.58. The molecule has 1 aromatic rings. The first kappa shape index (κ1) is 24.0. The second-order valence-corrected chi connectivity index (χ2v) is 10.6. The van der Waals surface area contributed by atoms with Crippen molar-refractivity contribution in [3.05, 3.63) is 30.1 Å². The Kier molecular flexibility index (Phi) is 7.61. The Bertz CT molecular complexity index is 713. The summed E-state index contributed by atoms with van der Waals surface area (Å²) < 4.78 is 26.9. The van der Waals surface area contributed by atoms with Gasteiger partial charge >= 0.3 is 6.09 Å². The van der Waals surface area contributed by atoms with E-state index in [-0.39, 0.29) is 18.2 Å². The molecular formula is C25H39FN2O3. The minimum atomic E-state index is -1.14. The lowest BCUT2D eigenvalue weighted by atomic mass is 9.83. The average molecular weight is 435 g/mol. The van der Waals surface area contributed by atoms with Gasteiger partial charge in [-0.1, -0.05) is 38.2 Å². The molecule has 1 aromatic heterocycles. The fourth-order valence-electron chi connectivity index (χ4n) is 5.03. The smallest absolute Gasteiger partial charge is 0.412 e. The largest absolute Gasteiger partial charge is 0.444 e. The number of aromatic nitrogens is 1. The lowest BCUT2D eigenvalue weighted by Crippen LogP contribution is -2.50. The van der Waals surface area contributed by atoms with Gasteiger partial charge in [0, 0.05) is 6.20 Å². The van der Waals surface area contributed by atoms with E-state index in [9.17, 15) is 9.18 Å². The molecule has 1 amide bonds. The van der Waals surface area contributed by atoms with Gasteiger partial charge in [-0.15, -0.1) is 0 Å². The molecule has 0 spiro atoms. The molecule has 1 saturated carbocycles. The van der Waals surface area contributed by atoms with E-state index in [4.69, 9.17) is 9.47 Å². The maximum absolute atomic E-state index is 14.8. The zero-order valence-electron chi connectivity index (χ0n) is 19.8. The molecule has 3 rings (SSSR count). The molecule has 0 N–H and O–H groups in total. The first-order valence-electron chi connectivity index (χ1n) is 11.8. The summed E-state index contributed by atoms with van der Waals surface area (Å²) in [6, 6.07) is 5.21. The lowest BCUT2D eigenvalue weighted by molar-refractivity contribution is -0.0809. The molecule has 31 heavy (non-hydrogen) atoms. The number of carbonyl (C=O) groups is 1. The van der Waals surface area contributed by atoms with Crippen molar-refractivity contribution in [2.24, 2.45) is 5.92 Å². The monoisotopic (exact) mass is 434 g/mol. The van der Waals surface area contributed by atoms with Crippen molar-refractivity contribution in [2.75, 3.05) is 0 Å². The Morgan fingerprint density at radius 3 is 2.61 bits per heavy atom. The van der Waals surface area contributed by atoms with Crippen LogP contribution in [0.3, 0.4) is 0 Å². The molecule has 174 valence electrons. The number of ether oxygens (including phenoxy) is 2. The quantitative estimate of drug-likeness (QED) is 0.507. The van der Waals surface area contributed by atoms with Gasteiger partial charge in [0.2, 0.25) is 0 Å². The second-order valence-electron chi connectivity index (χ2n) is 10.6. The molecule has 1 aliphatic heterocycles. The number of amides is 1. The van der Waals surface area contributed by atoms with Crippen LogP contribution in [-0.4, -0.2) is 39.4 Å². The van der Waals surface area contributed by atoms with E-state index >= 15 is 0 Å². The molecule has 2 fully saturated rings. The van der Waals surface area contributed by atoms with Crippen LogP contribution in [0.1, 0.15) is 97.9 Å². The van der Waals surface area contributed by atoms with E-state index in [1.54, 1.807) is 29.3 Å². The number of carbonyl (C=O) groups excluding carboxylic acids is 1. The van der Waals surface area contributed by atoms with Crippen molar-refractivity contribution in [3.8, 4) is 0 Å². The molecule has 3 atom stereocenters. The van der Waals surface area contributed by atoms with Crippen LogP contribution < -0.4 is 0 Å². The van der Waals surface area contributed by atoms with Crippen LogP contribution in [-0.2, 0) is 9.47 Å². The minimum absolute atomic E-state index is 0.108.